The van der Waals surface area contributed by atoms with Crippen LogP contribution in [0.25, 0.3) is 0 Å². The summed E-state index contributed by atoms with van der Waals surface area (Å²) < 4.78 is 30.2. The van der Waals surface area contributed by atoms with E-state index in [-0.39, 0.29) is 19.1 Å². The first-order valence-electron chi connectivity index (χ1n) is 6.19. The smallest absolute Gasteiger partial charge is 0.268 e. The molecule has 1 amide bonds. The van der Waals surface area contributed by atoms with Crippen LogP contribution in [0.15, 0.2) is 12.3 Å². The lowest BCUT2D eigenvalue weighted by Crippen LogP contribution is -2.29. The van der Waals surface area contributed by atoms with Crippen molar-refractivity contribution in [3.63, 3.8) is 0 Å². The van der Waals surface area contributed by atoms with Gasteiger partial charge < -0.3 is 20.4 Å². The summed E-state index contributed by atoms with van der Waals surface area (Å²) in [6.45, 7) is -0.349. The Balaban J connectivity index is 1.79. The molecule has 0 spiro atoms. The molecule has 19 heavy (non-hydrogen) atoms. The molecule has 5 nitrogen and oxygen atoms in total. The van der Waals surface area contributed by atoms with Crippen LogP contribution in [0.4, 0.5) is 14.5 Å². The molecular formula is C12H17F2N3O2. The number of carbonyl (C=O) groups is 1. The number of nitrogens with zero attached hydrogens (tertiary/aromatic N) is 1. The van der Waals surface area contributed by atoms with Crippen molar-refractivity contribution in [1.29, 1.82) is 0 Å². The maximum Gasteiger partial charge on any atom is 0.268 e. The number of carbonyl (C=O) groups excluding carboxylic acids is 1. The lowest BCUT2D eigenvalue weighted by atomic mass is 10.3. The van der Waals surface area contributed by atoms with E-state index >= 15 is 0 Å². The molecule has 0 aliphatic heterocycles. The van der Waals surface area contributed by atoms with E-state index < -0.39 is 13.0 Å². The Bertz CT molecular complexity index is 444. The van der Waals surface area contributed by atoms with Crippen LogP contribution >= 0.6 is 0 Å². The van der Waals surface area contributed by atoms with Gasteiger partial charge in [-0.15, -0.1) is 0 Å². The number of alkyl halides is 2. The van der Waals surface area contributed by atoms with Crippen LogP contribution in [0.2, 0.25) is 0 Å². The van der Waals surface area contributed by atoms with Gasteiger partial charge in [-0.25, -0.2) is 8.78 Å². The molecule has 0 bridgehead atoms. The Hall–Kier alpha value is -1.63. The largest absolute Gasteiger partial charge is 0.397 e. The summed E-state index contributed by atoms with van der Waals surface area (Å²) in [6.07, 6.45) is 1.36. The Labute approximate surface area is 109 Å². The van der Waals surface area contributed by atoms with Crippen molar-refractivity contribution < 1.29 is 18.3 Å². The molecule has 1 saturated carbocycles. The highest BCUT2D eigenvalue weighted by atomic mass is 19.3. The summed E-state index contributed by atoms with van der Waals surface area (Å²) in [5, 5.41) is 2.62. The van der Waals surface area contributed by atoms with Crippen molar-refractivity contribution in [3.05, 3.63) is 18.0 Å². The Morgan fingerprint density at radius 2 is 2.32 bits per heavy atom. The monoisotopic (exact) mass is 273 g/mol. The van der Waals surface area contributed by atoms with Crippen LogP contribution in [-0.4, -0.2) is 36.7 Å². The average Bonchev–Trinajstić information content (AvgIpc) is 3.11. The fourth-order valence-corrected chi connectivity index (χ4v) is 1.84. The van der Waals surface area contributed by atoms with Gasteiger partial charge in [0.05, 0.1) is 12.3 Å². The third-order valence-corrected chi connectivity index (χ3v) is 2.82. The van der Waals surface area contributed by atoms with Crippen molar-refractivity contribution in [1.82, 2.24) is 9.88 Å². The Morgan fingerprint density at radius 1 is 1.58 bits per heavy atom. The number of aromatic nitrogens is 1. The molecule has 3 N–H and O–H groups in total. The van der Waals surface area contributed by atoms with E-state index in [1.165, 1.54) is 0 Å². The van der Waals surface area contributed by atoms with Crippen LogP contribution in [0.3, 0.4) is 0 Å². The number of amides is 1. The van der Waals surface area contributed by atoms with Crippen molar-refractivity contribution >= 4 is 11.6 Å². The molecule has 0 atom stereocenters. The lowest BCUT2D eigenvalue weighted by molar-refractivity contribution is 0.0188. The molecule has 1 aromatic heterocycles. The van der Waals surface area contributed by atoms with Gasteiger partial charge in [0.15, 0.2) is 0 Å². The standard InChI is InChI=1S/C12H17F2N3O2/c13-11(14)7-19-4-3-16-12(18)10-5-8(15)6-17(10)9-1-2-9/h5-6,9,11H,1-4,7,15H2,(H,16,18). The van der Waals surface area contributed by atoms with Crippen LogP contribution in [0.1, 0.15) is 29.4 Å². The number of halogens is 2. The van der Waals surface area contributed by atoms with Crippen molar-refractivity contribution in [2.75, 3.05) is 25.5 Å². The fourth-order valence-electron chi connectivity index (χ4n) is 1.84. The number of nitrogens with one attached hydrogen (secondary N) is 1. The number of nitrogens with two attached hydrogens (primary N) is 1. The molecular weight excluding hydrogens is 256 g/mol. The topological polar surface area (TPSA) is 69.3 Å². The minimum absolute atomic E-state index is 0.0652. The van der Waals surface area contributed by atoms with Gasteiger partial charge in [0.2, 0.25) is 0 Å². The van der Waals surface area contributed by atoms with E-state index in [4.69, 9.17) is 5.73 Å². The van der Waals surface area contributed by atoms with E-state index in [0.29, 0.717) is 17.4 Å². The minimum Gasteiger partial charge on any atom is -0.397 e. The number of nitrogen functional groups attached to an aromatic ring is 1. The van der Waals surface area contributed by atoms with E-state index in [0.717, 1.165) is 12.8 Å². The van der Waals surface area contributed by atoms with Gasteiger partial charge in [-0.05, 0) is 18.9 Å². The van der Waals surface area contributed by atoms with Gasteiger partial charge in [-0.3, -0.25) is 4.79 Å². The summed E-state index contributed by atoms with van der Waals surface area (Å²) in [6, 6.07) is 1.97. The minimum atomic E-state index is -2.48. The first-order chi connectivity index (χ1) is 9.08. The summed E-state index contributed by atoms with van der Waals surface area (Å²) in [7, 11) is 0. The zero-order valence-electron chi connectivity index (χ0n) is 10.4. The SMILES string of the molecule is Nc1cc(C(=O)NCCOCC(F)F)n(C2CC2)c1. The normalized spacial score (nSPS) is 14.9. The van der Waals surface area contributed by atoms with E-state index in [1.54, 1.807) is 12.3 Å². The maximum atomic E-state index is 11.9. The number of rotatable bonds is 7. The number of hydrogen-bond acceptors (Lipinski definition) is 3. The Kier molecular flexibility index (Phi) is 4.36. The summed E-state index contributed by atoms with van der Waals surface area (Å²) >= 11 is 0. The van der Waals surface area contributed by atoms with Gasteiger partial charge in [0.1, 0.15) is 12.3 Å². The highest BCUT2D eigenvalue weighted by Crippen LogP contribution is 2.37. The van der Waals surface area contributed by atoms with Gasteiger partial charge >= 0.3 is 0 Å². The van der Waals surface area contributed by atoms with E-state index in [1.807, 2.05) is 4.57 Å². The highest BCUT2D eigenvalue weighted by molar-refractivity contribution is 5.93. The van der Waals surface area contributed by atoms with E-state index in [9.17, 15) is 13.6 Å². The second kappa shape index (κ2) is 6.01. The zero-order valence-corrected chi connectivity index (χ0v) is 10.4. The molecule has 106 valence electrons. The second-order valence-corrected chi connectivity index (χ2v) is 4.52. The van der Waals surface area contributed by atoms with E-state index in [2.05, 4.69) is 10.1 Å². The summed E-state index contributed by atoms with van der Waals surface area (Å²) in [5.74, 6) is -0.260. The highest BCUT2D eigenvalue weighted by Gasteiger charge is 2.27. The van der Waals surface area contributed by atoms with Crippen molar-refractivity contribution in [2.24, 2.45) is 0 Å². The summed E-state index contributed by atoms with van der Waals surface area (Å²) in [4.78, 5) is 11.9. The maximum absolute atomic E-state index is 11.9. The molecule has 1 aliphatic carbocycles. The predicted molar refractivity (Wildman–Crippen MR) is 66.3 cm³/mol. The predicted octanol–water partition coefficient (Wildman–Crippen LogP) is 1.42. The summed E-state index contributed by atoms with van der Waals surface area (Å²) in [5.41, 5.74) is 6.74. The van der Waals surface area contributed by atoms with Gasteiger partial charge in [0.25, 0.3) is 12.3 Å². The van der Waals surface area contributed by atoms with Crippen LogP contribution in [0, 0.1) is 0 Å². The molecule has 0 unspecified atom stereocenters. The molecule has 1 aliphatic rings. The zero-order chi connectivity index (χ0) is 13.8. The average molecular weight is 273 g/mol. The Morgan fingerprint density at radius 3 is 2.95 bits per heavy atom. The lowest BCUT2D eigenvalue weighted by Gasteiger charge is -2.08. The molecule has 7 heteroatoms. The van der Waals surface area contributed by atoms with Gasteiger partial charge in [-0.1, -0.05) is 0 Å². The fraction of sp³-hybridized carbons (Fsp3) is 0.583. The molecule has 1 fully saturated rings. The van der Waals surface area contributed by atoms with Crippen molar-refractivity contribution in [3.8, 4) is 0 Å². The molecule has 1 heterocycles. The number of anilines is 1. The quantitative estimate of drug-likeness (QED) is 0.738. The third kappa shape index (κ3) is 3.92. The molecule has 0 saturated heterocycles. The van der Waals surface area contributed by atoms with Crippen LogP contribution in [-0.2, 0) is 4.74 Å². The molecule has 0 radical (unpaired) electrons. The molecule has 1 aromatic rings. The van der Waals surface area contributed by atoms with Crippen LogP contribution < -0.4 is 11.1 Å². The second-order valence-electron chi connectivity index (χ2n) is 4.52. The van der Waals surface area contributed by atoms with Crippen LogP contribution in [0.5, 0.6) is 0 Å². The third-order valence-electron chi connectivity index (χ3n) is 2.82. The molecule has 2 rings (SSSR count). The number of hydrogen-bond donors (Lipinski definition) is 2. The van der Waals surface area contributed by atoms with Crippen molar-refractivity contribution in [2.45, 2.75) is 25.3 Å². The first kappa shape index (κ1) is 13.8. The first-order valence-corrected chi connectivity index (χ1v) is 6.19. The number of ether oxygens (including phenoxy) is 1. The molecule has 0 aromatic carbocycles. The van der Waals surface area contributed by atoms with Gasteiger partial charge in [0, 0.05) is 18.8 Å². The van der Waals surface area contributed by atoms with Gasteiger partial charge in [-0.2, -0.15) is 0 Å².